The van der Waals surface area contributed by atoms with Crippen LogP contribution in [0, 0.1) is 0 Å². The Balaban J connectivity index is 2.13. The minimum Gasteiger partial charge on any atom is -0.486 e. The van der Waals surface area contributed by atoms with Gasteiger partial charge in [-0.3, -0.25) is 0 Å². The van der Waals surface area contributed by atoms with Crippen molar-refractivity contribution in [2.45, 2.75) is 13.2 Å². The van der Waals surface area contributed by atoms with Gasteiger partial charge in [0.25, 0.3) is 0 Å². The average Bonchev–Trinajstić information content (AvgIpc) is 2.39. The third-order valence-corrected chi connectivity index (χ3v) is 3.66. The molecule has 0 amide bonds. The van der Waals surface area contributed by atoms with Crippen LogP contribution in [0.3, 0.4) is 0 Å². The van der Waals surface area contributed by atoms with Gasteiger partial charge in [-0.1, -0.05) is 35.3 Å². The summed E-state index contributed by atoms with van der Waals surface area (Å²) < 4.78 is 6.41. The molecule has 0 heterocycles. The van der Waals surface area contributed by atoms with Crippen molar-refractivity contribution in [3.63, 3.8) is 0 Å². The molecule has 2 rings (SSSR count). The van der Waals surface area contributed by atoms with Gasteiger partial charge in [0.15, 0.2) is 5.75 Å². The highest BCUT2D eigenvalue weighted by molar-refractivity contribution is 9.10. The fourth-order valence-electron chi connectivity index (χ4n) is 1.58. The van der Waals surface area contributed by atoms with Crippen LogP contribution in [0.2, 0.25) is 10.0 Å². The van der Waals surface area contributed by atoms with Crippen LogP contribution in [0.25, 0.3) is 0 Å². The molecule has 0 spiro atoms. The van der Waals surface area contributed by atoms with Crippen LogP contribution in [0.4, 0.5) is 0 Å². The van der Waals surface area contributed by atoms with Crippen LogP contribution < -0.4 is 4.74 Å². The number of aliphatic hydroxyl groups is 1. The van der Waals surface area contributed by atoms with E-state index >= 15 is 0 Å². The Morgan fingerprint density at radius 1 is 1.05 bits per heavy atom. The Morgan fingerprint density at radius 3 is 2.32 bits per heavy atom. The molecule has 100 valence electrons. The Morgan fingerprint density at radius 2 is 1.74 bits per heavy atom. The Hall–Kier alpha value is -0.740. The van der Waals surface area contributed by atoms with E-state index in [9.17, 15) is 0 Å². The molecule has 5 heteroatoms. The standard InChI is InChI=1S/C14H11BrCl2O2/c15-12-5-10(7-18)6-13(17)14(12)19-8-9-1-3-11(16)4-2-9/h1-6,18H,7-8H2. The van der Waals surface area contributed by atoms with E-state index < -0.39 is 0 Å². The van der Waals surface area contributed by atoms with Gasteiger partial charge in [0.2, 0.25) is 0 Å². The van der Waals surface area contributed by atoms with Gasteiger partial charge >= 0.3 is 0 Å². The number of hydrogen-bond acceptors (Lipinski definition) is 2. The van der Waals surface area contributed by atoms with E-state index in [-0.39, 0.29) is 6.61 Å². The van der Waals surface area contributed by atoms with E-state index in [1.54, 1.807) is 12.1 Å². The van der Waals surface area contributed by atoms with E-state index in [2.05, 4.69) is 15.9 Å². The third kappa shape index (κ3) is 3.86. The van der Waals surface area contributed by atoms with Crippen molar-refractivity contribution in [1.82, 2.24) is 0 Å². The highest BCUT2D eigenvalue weighted by Crippen LogP contribution is 2.35. The van der Waals surface area contributed by atoms with Gasteiger partial charge in [0.1, 0.15) is 6.61 Å². The largest absolute Gasteiger partial charge is 0.486 e. The first-order chi connectivity index (χ1) is 9.10. The lowest BCUT2D eigenvalue weighted by Gasteiger charge is -2.11. The molecule has 0 aliphatic carbocycles. The SMILES string of the molecule is OCc1cc(Cl)c(OCc2ccc(Cl)cc2)c(Br)c1. The highest BCUT2D eigenvalue weighted by atomic mass is 79.9. The molecule has 19 heavy (non-hydrogen) atoms. The maximum Gasteiger partial charge on any atom is 0.152 e. The zero-order valence-electron chi connectivity index (χ0n) is 9.87. The molecule has 0 radical (unpaired) electrons. The van der Waals surface area contributed by atoms with E-state index in [1.165, 1.54) is 0 Å². The minimum absolute atomic E-state index is 0.0597. The molecule has 2 nitrogen and oxygen atoms in total. The second kappa shape index (κ2) is 6.62. The molecule has 0 saturated heterocycles. The number of ether oxygens (including phenoxy) is 1. The van der Waals surface area contributed by atoms with Crippen LogP contribution >= 0.6 is 39.1 Å². The summed E-state index contributed by atoms with van der Waals surface area (Å²) in [6.45, 7) is 0.337. The molecular weight excluding hydrogens is 351 g/mol. The van der Waals surface area contributed by atoms with Crippen molar-refractivity contribution in [2.75, 3.05) is 0 Å². The second-order valence-electron chi connectivity index (χ2n) is 3.96. The van der Waals surface area contributed by atoms with Crippen LogP contribution in [0.5, 0.6) is 5.75 Å². The summed E-state index contributed by atoms with van der Waals surface area (Å²) in [5.41, 5.74) is 1.73. The molecule has 2 aromatic carbocycles. The van der Waals surface area contributed by atoms with E-state index in [4.69, 9.17) is 33.0 Å². The summed E-state index contributed by atoms with van der Waals surface area (Å²) in [4.78, 5) is 0. The normalized spacial score (nSPS) is 10.5. The molecule has 0 bridgehead atoms. The average molecular weight is 362 g/mol. The van der Waals surface area contributed by atoms with Crippen molar-refractivity contribution in [3.8, 4) is 5.75 Å². The summed E-state index contributed by atoms with van der Waals surface area (Å²) in [5.74, 6) is 0.564. The van der Waals surface area contributed by atoms with E-state index in [0.29, 0.717) is 22.4 Å². The molecule has 0 fully saturated rings. The monoisotopic (exact) mass is 360 g/mol. The maximum absolute atomic E-state index is 9.08. The summed E-state index contributed by atoms with van der Waals surface area (Å²) in [6.07, 6.45) is 0. The topological polar surface area (TPSA) is 29.5 Å². The summed E-state index contributed by atoms with van der Waals surface area (Å²) in [6, 6.07) is 10.9. The van der Waals surface area contributed by atoms with E-state index in [0.717, 1.165) is 15.6 Å². The lowest BCUT2D eigenvalue weighted by atomic mass is 10.2. The second-order valence-corrected chi connectivity index (χ2v) is 5.66. The predicted octanol–water partition coefficient (Wildman–Crippen LogP) is 4.83. The summed E-state index contributed by atoms with van der Waals surface area (Å²) in [7, 11) is 0. The van der Waals surface area contributed by atoms with Gasteiger partial charge in [0, 0.05) is 5.02 Å². The summed E-state index contributed by atoms with van der Waals surface area (Å²) >= 11 is 15.3. The van der Waals surface area contributed by atoms with Gasteiger partial charge in [0.05, 0.1) is 16.1 Å². The number of rotatable bonds is 4. The fourth-order valence-corrected chi connectivity index (χ4v) is 2.74. The molecule has 0 aliphatic heterocycles. The molecule has 0 atom stereocenters. The highest BCUT2D eigenvalue weighted by Gasteiger charge is 2.09. The van der Waals surface area contributed by atoms with Crippen LogP contribution in [-0.2, 0) is 13.2 Å². The lowest BCUT2D eigenvalue weighted by Crippen LogP contribution is -1.97. The Kier molecular flexibility index (Phi) is 5.11. The van der Waals surface area contributed by atoms with Gasteiger partial charge in [-0.15, -0.1) is 0 Å². The predicted molar refractivity (Wildman–Crippen MR) is 80.9 cm³/mol. The number of benzene rings is 2. The summed E-state index contributed by atoms with van der Waals surface area (Å²) in [5, 5.41) is 10.2. The molecule has 0 aromatic heterocycles. The van der Waals surface area contributed by atoms with Crippen molar-refractivity contribution < 1.29 is 9.84 Å². The number of halogens is 3. The molecular formula is C14H11BrCl2O2. The maximum atomic E-state index is 9.08. The van der Waals surface area contributed by atoms with E-state index in [1.807, 2.05) is 24.3 Å². The lowest BCUT2D eigenvalue weighted by molar-refractivity contribution is 0.280. The van der Waals surface area contributed by atoms with Crippen molar-refractivity contribution in [2.24, 2.45) is 0 Å². The molecule has 1 N–H and O–H groups in total. The fraction of sp³-hybridized carbons (Fsp3) is 0.143. The van der Waals surface area contributed by atoms with Crippen molar-refractivity contribution in [3.05, 3.63) is 62.0 Å². The van der Waals surface area contributed by atoms with Gasteiger partial charge in [-0.2, -0.15) is 0 Å². The quantitative estimate of drug-likeness (QED) is 0.845. The molecule has 0 unspecified atom stereocenters. The minimum atomic E-state index is -0.0597. The Labute approximate surface area is 130 Å². The molecule has 0 saturated carbocycles. The van der Waals surface area contributed by atoms with Crippen LogP contribution in [0.15, 0.2) is 40.9 Å². The zero-order valence-corrected chi connectivity index (χ0v) is 13.0. The first kappa shape index (κ1) is 14.7. The van der Waals surface area contributed by atoms with Crippen LogP contribution in [-0.4, -0.2) is 5.11 Å². The Bertz CT molecular complexity index is 547. The van der Waals surface area contributed by atoms with Crippen molar-refractivity contribution >= 4 is 39.1 Å². The number of hydrogen-bond donors (Lipinski definition) is 1. The van der Waals surface area contributed by atoms with Crippen LogP contribution in [0.1, 0.15) is 11.1 Å². The van der Waals surface area contributed by atoms with Gasteiger partial charge in [-0.05, 0) is 51.3 Å². The number of aliphatic hydroxyl groups excluding tert-OH is 1. The molecule has 2 aromatic rings. The van der Waals surface area contributed by atoms with Gasteiger partial charge in [-0.25, -0.2) is 0 Å². The third-order valence-electron chi connectivity index (χ3n) is 2.54. The smallest absolute Gasteiger partial charge is 0.152 e. The first-order valence-corrected chi connectivity index (χ1v) is 7.11. The van der Waals surface area contributed by atoms with Gasteiger partial charge < -0.3 is 9.84 Å². The van der Waals surface area contributed by atoms with Crippen molar-refractivity contribution in [1.29, 1.82) is 0 Å². The first-order valence-electron chi connectivity index (χ1n) is 5.56. The zero-order chi connectivity index (χ0) is 13.8. The molecule has 0 aliphatic rings.